The third-order valence-corrected chi connectivity index (χ3v) is 5.83. The number of hydrogen-bond acceptors (Lipinski definition) is 5. The molecule has 0 saturated carbocycles. The molecule has 0 amide bonds. The van der Waals surface area contributed by atoms with Gasteiger partial charge in [-0.3, -0.25) is 4.90 Å². The minimum Gasteiger partial charge on any atom is -0.506 e. The number of phenols is 1. The Morgan fingerprint density at radius 2 is 1.79 bits per heavy atom. The van der Waals surface area contributed by atoms with Gasteiger partial charge < -0.3 is 14.4 Å². The zero-order valence-corrected chi connectivity index (χ0v) is 17.3. The average molecular weight is 392 g/mol. The van der Waals surface area contributed by atoms with Crippen LogP contribution in [0, 0.1) is 6.92 Å². The topological polar surface area (TPSA) is 56.9 Å². The van der Waals surface area contributed by atoms with Crippen molar-refractivity contribution >= 4 is 16.7 Å². The Morgan fingerprint density at radius 1 is 1.07 bits per heavy atom. The Morgan fingerprint density at radius 3 is 2.48 bits per heavy atom. The first-order valence-corrected chi connectivity index (χ1v) is 10.2. The van der Waals surface area contributed by atoms with Gasteiger partial charge in [0, 0.05) is 44.2 Å². The molecule has 0 aliphatic carbocycles. The van der Waals surface area contributed by atoms with E-state index in [1.54, 1.807) is 12.1 Å². The molecule has 0 radical (unpaired) electrons. The van der Waals surface area contributed by atoms with E-state index in [0.717, 1.165) is 54.9 Å². The summed E-state index contributed by atoms with van der Waals surface area (Å²) in [6.45, 7) is 10.6. The maximum Gasteiger partial charge on any atom is 0.336 e. The lowest BCUT2D eigenvalue weighted by Crippen LogP contribution is -2.46. The molecule has 5 nitrogen and oxygen atoms in total. The van der Waals surface area contributed by atoms with Crippen molar-refractivity contribution in [3.05, 3.63) is 69.6 Å². The molecule has 1 aromatic heterocycles. The van der Waals surface area contributed by atoms with Crippen LogP contribution in [0.4, 0.5) is 5.69 Å². The highest BCUT2D eigenvalue weighted by atomic mass is 16.4. The Hall–Kier alpha value is -2.79. The molecule has 0 unspecified atom stereocenters. The lowest BCUT2D eigenvalue weighted by molar-refractivity contribution is 0.249. The average Bonchev–Trinajstić information content (AvgIpc) is 2.68. The van der Waals surface area contributed by atoms with Gasteiger partial charge in [-0.15, -0.1) is 0 Å². The first-order valence-electron chi connectivity index (χ1n) is 10.2. The highest BCUT2D eigenvalue weighted by Crippen LogP contribution is 2.29. The molecule has 1 aliphatic heterocycles. The van der Waals surface area contributed by atoms with Gasteiger partial charge in [-0.25, -0.2) is 4.79 Å². The number of aromatic hydroxyl groups is 1. The summed E-state index contributed by atoms with van der Waals surface area (Å²) in [7, 11) is 0. The van der Waals surface area contributed by atoms with Gasteiger partial charge in [0.25, 0.3) is 0 Å². The van der Waals surface area contributed by atoms with Crippen LogP contribution in [0.2, 0.25) is 0 Å². The van der Waals surface area contributed by atoms with Crippen LogP contribution < -0.4 is 10.5 Å². The standard InChI is InChI=1S/C24H28N2O3/c1-16(2)19-14-20-18(13-24(28)29-23(20)12-17(19)3)15-25-8-10-26(11-9-25)21-6-4-5-7-22(21)27/h4-7,12-14,16,27H,8-11,15H2,1-3H3. The number of fused-ring (bicyclic) bond motifs is 1. The molecule has 2 aromatic carbocycles. The van der Waals surface area contributed by atoms with E-state index in [4.69, 9.17) is 4.42 Å². The van der Waals surface area contributed by atoms with Gasteiger partial charge in [0.2, 0.25) is 0 Å². The van der Waals surface area contributed by atoms with Crippen molar-refractivity contribution in [1.82, 2.24) is 4.90 Å². The Kier molecular flexibility index (Phi) is 5.33. The first kappa shape index (κ1) is 19.5. The molecule has 5 heteroatoms. The lowest BCUT2D eigenvalue weighted by atomic mass is 9.95. The molecule has 4 rings (SSSR count). The summed E-state index contributed by atoms with van der Waals surface area (Å²) in [5.74, 6) is 0.741. The number of phenolic OH excluding ortho intramolecular Hbond substituents is 1. The normalized spacial score (nSPS) is 15.4. The molecule has 152 valence electrons. The number of hydrogen-bond donors (Lipinski definition) is 1. The van der Waals surface area contributed by atoms with Crippen molar-refractivity contribution in [1.29, 1.82) is 0 Å². The molecule has 1 N–H and O–H groups in total. The molecule has 0 bridgehead atoms. The molecule has 1 aliphatic rings. The smallest absolute Gasteiger partial charge is 0.336 e. The molecule has 0 spiro atoms. The van der Waals surface area contributed by atoms with Crippen LogP contribution in [0.3, 0.4) is 0 Å². The van der Waals surface area contributed by atoms with Crippen LogP contribution in [-0.4, -0.2) is 36.2 Å². The fourth-order valence-corrected chi connectivity index (χ4v) is 4.26. The monoisotopic (exact) mass is 392 g/mol. The number of para-hydroxylation sites is 2. The second-order valence-corrected chi connectivity index (χ2v) is 8.20. The molecule has 3 aromatic rings. The largest absolute Gasteiger partial charge is 0.506 e. The number of aryl methyl sites for hydroxylation is 1. The van der Waals surface area contributed by atoms with Crippen LogP contribution in [0.25, 0.3) is 11.0 Å². The molecular weight excluding hydrogens is 364 g/mol. The van der Waals surface area contributed by atoms with Crippen molar-refractivity contribution in [2.75, 3.05) is 31.1 Å². The van der Waals surface area contributed by atoms with E-state index >= 15 is 0 Å². The first-order chi connectivity index (χ1) is 13.9. The summed E-state index contributed by atoms with van der Waals surface area (Å²) in [6, 6.07) is 13.3. The summed E-state index contributed by atoms with van der Waals surface area (Å²) in [5, 5.41) is 11.1. The molecule has 1 saturated heterocycles. The highest BCUT2D eigenvalue weighted by molar-refractivity contribution is 5.82. The lowest BCUT2D eigenvalue weighted by Gasteiger charge is -2.36. The van der Waals surface area contributed by atoms with Gasteiger partial charge in [0.15, 0.2) is 0 Å². The van der Waals surface area contributed by atoms with Gasteiger partial charge in [-0.2, -0.15) is 0 Å². The zero-order valence-electron chi connectivity index (χ0n) is 17.3. The number of piperazine rings is 1. The van der Waals surface area contributed by atoms with Crippen molar-refractivity contribution in [2.24, 2.45) is 0 Å². The predicted molar refractivity (Wildman–Crippen MR) is 117 cm³/mol. The molecule has 0 atom stereocenters. The third kappa shape index (κ3) is 4.01. The summed E-state index contributed by atoms with van der Waals surface area (Å²) in [4.78, 5) is 16.7. The molecule has 29 heavy (non-hydrogen) atoms. The highest BCUT2D eigenvalue weighted by Gasteiger charge is 2.20. The van der Waals surface area contributed by atoms with E-state index in [0.29, 0.717) is 17.3 Å². The summed E-state index contributed by atoms with van der Waals surface area (Å²) < 4.78 is 5.49. The van der Waals surface area contributed by atoms with Gasteiger partial charge in [-0.1, -0.05) is 26.0 Å². The minimum absolute atomic E-state index is 0.294. The van der Waals surface area contributed by atoms with Gasteiger partial charge in [0.1, 0.15) is 11.3 Å². The second kappa shape index (κ2) is 7.91. The van der Waals surface area contributed by atoms with Gasteiger partial charge in [0.05, 0.1) is 5.69 Å². The number of nitrogens with zero attached hydrogens (tertiary/aromatic N) is 2. The quantitative estimate of drug-likeness (QED) is 0.673. The van der Waals surface area contributed by atoms with E-state index in [1.807, 2.05) is 24.3 Å². The molecule has 2 heterocycles. The number of rotatable bonds is 4. The fraction of sp³-hybridized carbons (Fsp3) is 0.375. The zero-order chi connectivity index (χ0) is 20.5. The van der Waals surface area contributed by atoms with E-state index in [2.05, 4.69) is 36.6 Å². The Labute approximate surface area is 171 Å². The van der Waals surface area contributed by atoms with E-state index in [1.165, 1.54) is 5.56 Å². The number of benzene rings is 2. The van der Waals surface area contributed by atoms with Crippen molar-refractivity contribution < 1.29 is 9.52 Å². The van der Waals surface area contributed by atoms with Gasteiger partial charge >= 0.3 is 5.63 Å². The summed E-state index contributed by atoms with van der Waals surface area (Å²) in [5.41, 5.74) is 4.73. The Balaban J connectivity index is 1.56. The maximum atomic E-state index is 12.1. The van der Waals surface area contributed by atoms with Crippen LogP contribution in [-0.2, 0) is 6.54 Å². The van der Waals surface area contributed by atoms with Crippen molar-refractivity contribution in [2.45, 2.75) is 33.2 Å². The SMILES string of the molecule is Cc1cc2oc(=O)cc(CN3CCN(c4ccccc4O)CC3)c2cc1C(C)C. The Bertz CT molecular complexity index is 1080. The fourth-order valence-electron chi connectivity index (χ4n) is 4.26. The van der Waals surface area contributed by atoms with Crippen LogP contribution in [0.1, 0.15) is 36.5 Å². The van der Waals surface area contributed by atoms with Crippen LogP contribution in [0.5, 0.6) is 5.75 Å². The van der Waals surface area contributed by atoms with E-state index in [-0.39, 0.29) is 5.63 Å². The van der Waals surface area contributed by atoms with Gasteiger partial charge in [-0.05, 0) is 53.8 Å². The van der Waals surface area contributed by atoms with E-state index in [9.17, 15) is 9.90 Å². The molecular formula is C24H28N2O3. The number of anilines is 1. The summed E-state index contributed by atoms with van der Waals surface area (Å²) in [6.07, 6.45) is 0. The summed E-state index contributed by atoms with van der Waals surface area (Å²) >= 11 is 0. The maximum absolute atomic E-state index is 12.1. The van der Waals surface area contributed by atoms with Crippen LogP contribution >= 0.6 is 0 Å². The second-order valence-electron chi connectivity index (χ2n) is 8.20. The van der Waals surface area contributed by atoms with Crippen molar-refractivity contribution in [3.8, 4) is 5.75 Å². The van der Waals surface area contributed by atoms with E-state index < -0.39 is 0 Å². The third-order valence-electron chi connectivity index (χ3n) is 5.83. The predicted octanol–water partition coefficient (Wildman–Crippen LogP) is 4.25. The van der Waals surface area contributed by atoms with Crippen molar-refractivity contribution in [3.63, 3.8) is 0 Å². The minimum atomic E-state index is -0.294. The molecule has 1 fully saturated rings. The van der Waals surface area contributed by atoms with Crippen LogP contribution in [0.15, 0.2) is 51.7 Å².